The van der Waals surface area contributed by atoms with Crippen LogP contribution >= 0.6 is 0 Å². The number of hydrogen-bond donors (Lipinski definition) is 1. The highest BCUT2D eigenvalue weighted by Crippen LogP contribution is 2.38. The Labute approximate surface area is 206 Å². The number of amides is 1. The van der Waals surface area contributed by atoms with Crippen LogP contribution in [-0.4, -0.2) is 31.1 Å². The van der Waals surface area contributed by atoms with E-state index < -0.39 is 33.9 Å². The first-order chi connectivity index (χ1) is 17.1. The van der Waals surface area contributed by atoms with Gasteiger partial charge in [0, 0.05) is 29.6 Å². The summed E-state index contributed by atoms with van der Waals surface area (Å²) in [7, 11) is -4.02. The summed E-state index contributed by atoms with van der Waals surface area (Å²) in [4.78, 5) is 11.6. The largest absolute Gasteiger partial charge is 0.454 e. The van der Waals surface area contributed by atoms with Crippen molar-refractivity contribution >= 4 is 27.0 Å². The topological polar surface area (TPSA) is 86.6 Å². The molecule has 3 aromatic carbocycles. The Kier molecular flexibility index (Phi) is 5.91. The van der Waals surface area contributed by atoms with Crippen molar-refractivity contribution < 1.29 is 31.5 Å². The molecule has 0 spiro atoms. The van der Waals surface area contributed by atoms with E-state index in [0.717, 1.165) is 15.6 Å². The molecule has 1 fully saturated rings. The van der Waals surface area contributed by atoms with E-state index in [1.54, 1.807) is 25.1 Å². The van der Waals surface area contributed by atoms with Gasteiger partial charge in [-0.15, -0.1) is 0 Å². The molecule has 1 aliphatic heterocycles. The van der Waals surface area contributed by atoms with Crippen LogP contribution in [0.2, 0.25) is 0 Å². The number of benzene rings is 3. The summed E-state index contributed by atoms with van der Waals surface area (Å²) in [5.74, 6) is -1.18. The number of aromatic nitrogens is 1. The Balaban J connectivity index is 1.65. The first-order valence-corrected chi connectivity index (χ1v) is 12.6. The average Bonchev–Trinajstić information content (AvgIpc) is 3.45. The highest BCUT2D eigenvalue weighted by atomic mass is 32.2. The molecule has 0 radical (unpaired) electrons. The second kappa shape index (κ2) is 8.94. The monoisotopic (exact) mass is 512 g/mol. The lowest BCUT2D eigenvalue weighted by Crippen LogP contribution is -2.18. The zero-order chi connectivity index (χ0) is 25.6. The fraction of sp³-hybridized carbons (Fsp3) is 0.192. The van der Waals surface area contributed by atoms with Crippen molar-refractivity contribution in [2.45, 2.75) is 31.3 Å². The van der Waals surface area contributed by atoms with E-state index in [1.807, 2.05) is 6.92 Å². The van der Waals surface area contributed by atoms with Crippen molar-refractivity contribution in [3.8, 4) is 11.5 Å². The van der Waals surface area contributed by atoms with E-state index in [2.05, 4.69) is 5.32 Å². The van der Waals surface area contributed by atoms with E-state index in [-0.39, 0.29) is 34.9 Å². The fourth-order valence-electron chi connectivity index (χ4n) is 4.19. The van der Waals surface area contributed by atoms with Crippen LogP contribution < -0.4 is 10.1 Å². The van der Waals surface area contributed by atoms with Crippen LogP contribution in [0.3, 0.4) is 0 Å². The normalized spacial score (nSPS) is 15.7. The third-order valence-corrected chi connectivity index (χ3v) is 7.78. The number of halogens is 2. The molecule has 1 unspecified atom stereocenters. The van der Waals surface area contributed by atoms with Gasteiger partial charge in [-0.25, -0.2) is 26.0 Å². The van der Waals surface area contributed by atoms with Gasteiger partial charge in [0.25, 0.3) is 10.0 Å². The minimum absolute atomic E-state index is 0.0589. The van der Waals surface area contributed by atoms with Crippen molar-refractivity contribution in [2.24, 2.45) is 0 Å². The number of rotatable bonds is 6. The van der Waals surface area contributed by atoms with Gasteiger partial charge < -0.3 is 14.8 Å². The number of hydrogen-bond acceptors (Lipinski definition) is 5. The zero-order valence-electron chi connectivity index (χ0n) is 19.4. The van der Waals surface area contributed by atoms with Gasteiger partial charge in [-0.2, -0.15) is 0 Å². The first kappa shape index (κ1) is 23.8. The molecule has 7 nitrogen and oxygen atoms in total. The van der Waals surface area contributed by atoms with Crippen molar-refractivity contribution in [3.05, 3.63) is 89.1 Å². The van der Waals surface area contributed by atoms with Gasteiger partial charge >= 0.3 is 6.09 Å². The Hall–Kier alpha value is -3.92. The Morgan fingerprint density at radius 2 is 1.81 bits per heavy atom. The molecule has 1 aromatic heterocycles. The van der Waals surface area contributed by atoms with Crippen LogP contribution in [0, 0.1) is 25.5 Å². The molecule has 1 saturated heterocycles. The predicted octanol–water partition coefficient (Wildman–Crippen LogP) is 5.22. The molecular formula is C26H22F2N2O5S. The summed E-state index contributed by atoms with van der Waals surface area (Å²) < 4.78 is 68.2. The van der Waals surface area contributed by atoms with E-state index in [0.29, 0.717) is 16.5 Å². The summed E-state index contributed by atoms with van der Waals surface area (Å²) in [6.45, 7) is 3.61. The van der Waals surface area contributed by atoms with Gasteiger partial charge in [0.1, 0.15) is 17.7 Å². The number of ether oxygens (including phenoxy) is 2. The number of alkyl carbamates (subject to hydrolysis) is 1. The van der Waals surface area contributed by atoms with Crippen molar-refractivity contribution in [2.75, 3.05) is 6.54 Å². The third kappa shape index (κ3) is 4.28. The minimum atomic E-state index is -4.02. The number of carbonyl (C=O) groups is 1. The highest BCUT2D eigenvalue weighted by molar-refractivity contribution is 7.90. The van der Waals surface area contributed by atoms with E-state index in [1.165, 1.54) is 36.5 Å². The number of carbonyl (C=O) groups excluding carboxylic acids is 1. The van der Waals surface area contributed by atoms with Crippen molar-refractivity contribution in [1.82, 2.24) is 9.29 Å². The molecule has 0 aliphatic carbocycles. The molecule has 4 aromatic rings. The van der Waals surface area contributed by atoms with E-state index >= 15 is 4.39 Å². The lowest BCUT2D eigenvalue weighted by atomic mass is 10.0. The van der Waals surface area contributed by atoms with Crippen LogP contribution in [0.5, 0.6) is 11.5 Å². The Bertz CT molecular complexity index is 1600. The van der Waals surface area contributed by atoms with Gasteiger partial charge in [-0.1, -0.05) is 17.7 Å². The Morgan fingerprint density at radius 3 is 2.47 bits per heavy atom. The first-order valence-electron chi connectivity index (χ1n) is 11.2. The second-order valence-electron chi connectivity index (χ2n) is 8.65. The molecule has 0 saturated carbocycles. The quantitative estimate of drug-likeness (QED) is 0.383. The van der Waals surface area contributed by atoms with Crippen molar-refractivity contribution in [1.29, 1.82) is 0 Å². The molecule has 0 bridgehead atoms. The predicted molar refractivity (Wildman–Crippen MR) is 129 cm³/mol. The van der Waals surface area contributed by atoms with Gasteiger partial charge in [0.2, 0.25) is 0 Å². The standard InChI is InChI=1S/C26H22F2N2O5S/c1-15-3-6-19(7-4-15)36(32,33)30-10-9-20-21(12-18-14-29-26(31)35-18)25(23(28)13-24(20)30)34-17-5-8-22(27)16(2)11-17/h3-11,13,18H,12,14H2,1-2H3,(H,29,31). The molecule has 36 heavy (non-hydrogen) atoms. The Morgan fingerprint density at radius 1 is 1.06 bits per heavy atom. The number of fused-ring (bicyclic) bond motifs is 1. The van der Waals surface area contributed by atoms with Crippen LogP contribution in [0.25, 0.3) is 10.9 Å². The molecule has 1 atom stereocenters. The SMILES string of the molecule is Cc1ccc(S(=O)(=O)n2ccc3c(CC4CNC(=O)O4)c(Oc4ccc(F)c(C)c4)c(F)cc32)cc1. The van der Waals surface area contributed by atoms with Crippen molar-refractivity contribution in [3.63, 3.8) is 0 Å². The van der Waals surface area contributed by atoms with Crippen LogP contribution in [0.4, 0.5) is 13.6 Å². The molecule has 1 N–H and O–H groups in total. The van der Waals surface area contributed by atoms with Gasteiger partial charge in [-0.05, 0) is 55.8 Å². The maximum Gasteiger partial charge on any atom is 0.407 e. The molecule has 5 rings (SSSR count). The lowest BCUT2D eigenvalue weighted by molar-refractivity contribution is 0.140. The zero-order valence-corrected chi connectivity index (χ0v) is 20.2. The van der Waals surface area contributed by atoms with Gasteiger partial charge in [0.15, 0.2) is 11.6 Å². The highest BCUT2D eigenvalue weighted by Gasteiger charge is 2.29. The van der Waals surface area contributed by atoms with E-state index in [4.69, 9.17) is 9.47 Å². The number of nitrogens with zero attached hydrogens (tertiary/aromatic N) is 1. The summed E-state index contributed by atoms with van der Waals surface area (Å²) in [5.41, 5.74) is 1.66. The number of aryl methyl sites for hydroxylation is 2. The summed E-state index contributed by atoms with van der Waals surface area (Å²) in [6, 6.07) is 13.0. The molecule has 1 aliphatic rings. The average molecular weight is 513 g/mol. The molecule has 1 amide bonds. The maximum absolute atomic E-state index is 15.6. The number of nitrogens with one attached hydrogen (secondary N) is 1. The molecule has 186 valence electrons. The maximum atomic E-state index is 15.6. The van der Waals surface area contributed by atoms with Gasteiger partial charge in [-0.3, -0.25) is 0 Å². The van der Waals surface area contributed by atoms with Crippen LogP contribution in [-0.2, 0) is 21.2 Å². The molecular weight excluding hydrogens is 490 g/mol. The third-order valence-electron chi connectivity index (χ3n) is 6.08. The summed E-state index contributed by atoms with van der Waals surface area (Å²) in [6.07, 6.45) is 0.214. The minimum Gasteiger partial charge on any atom is -0.454 e. The summed E-state index contributed by atoms with van der Waals surface area (Å²) in [5, 5.41) is 2.97. The lowest BCUT2D eigenvalue weighted by Gasteiger charge is -2.17. The summed E-state index contributed by atoms with van der Waals surface area (Å²) >= 11 is 0. The smallest absolute Gasteiger partial charge is 0.407 e. The fourth-order valence-corrected chi connectivity index (χ4v) is 5.53. The molecule has 2 heterocycles. The van der Waals surface area contributed by atoms with E-state index in [9.17, 15) is 17.6 Å². The van der Waals surface area contributed by atoms with Gasteiger partial charge in [0.05, 0.1) is 17.0 Å². The van der Waals surface area contributed by atoms with Crippen LogP contribution in [0.15, 0.2) is 65.7 Å². The number of cyclic esters (lactones) is 1. The second-order valence-corrected chi connectivity index (χ2v) is 10.5. The molecule has 10 heteroatoms. The van der Waals surface area contributed by atoms with Crippen LogP contribution in [0.1, 0.15) is 16.7 Å².